The number of piperidine rings is 1. The van der Waals surface area contributed by atoms with Gasteiger partial charge in [0, 0.05) is 50.1 Å². The number of hydrogen-bond acceptors (Lipinski definition) is 5. The zero-order valence-electron chi connectivity index (χ0n) is 12.3. The Labute approximate surface area is 125 Å². The Kier molecular flexibility index (Phi) is 4.34. The first-order chi connectivity index (χ1) is 10.2. The number of nitrogens with zero attached hydrogens (tertiary/aromatic N) is 3. The second-order valence-corrected chi connectivity index (χ2v) is 6.15. The van der Waals surface area contributed by atoms with Gasteiger partial charge >= 0.3 is 0 Å². The van der Waals surface area contributed by atoms with Crippen molar-refractivity contribution >= 4 is 11.9 Å². The standard InChI is InChI=1S/C15H23N5O/c16-14(21)7-11-3-5-20(6-4-11)15-18-9-12(10-19-15)8-17-13-1-2-13/h9-11,13,17H,1-8H2,(H2,16,21). The monoisotopic (exact) mass is 289 g/mol. The van der Waals surface area contributed by atoms with Crippen molar-refractivity contribution in [2.75, 3.05) is 18.0 Å². The number of aromatic nitrogens is 2. The number of carbonyl (C=O) groups is 1. The lowest BCUT2D eigenvalue weighted by Gasteiger charge is -2.31. The molecular weight excluding hydrogens is 266 g/mol. The Morgan fingerprint density at radius 3 is 2.48 bits per heavy atom. The van der Waals surface area contributed by atoms with E-state index in [9.17, 15) is 4.79 Å². The number of rotatable bonds is 6. The minimum Gasteiger partial charge on any atom is -0.370 e. The molecule has 1 saturated carbocycles. The fourth-order valence-electron chi connectivity index (χ4n) is 2.77. The van der Waals surface area contributed by atoms with Crippen LogP contribution in [-0.2, 0) is 11.3 Å². The Balaban J connectivity index is 1.49. The molecule has 2 aliphatic rings. The van der Waals surface area contributed by atoms with Crippen molar-refractivity contribution in [3.63, 3.8) is 0 Å². The third kappa shape index (κ3) is 4.14. The van der Waals surface area contributed by atoms with Gasteiger partial charge in [-0.1, -0.05) is 0 Å². The van der Waals surface area contributed by atoms with Crippen molar-refractivity contribution in [1.82, 2.24) is 15.3 Å². The highest BCUT2D eigenvalue weighted by Crippen LogP contribution is 2.23. The van der Waals surface area contributed by atoms with Crippen LogP contribution in [0.5, 0.6) is 0 Å². The molecule has 1 saturated heterocycles. The predicted molar refractivity (Wildman–Crippen MR) is 80.6 cm³/mol. The third-order valence-corrected chi connectivity index (χ3v) is 4.25. The van der Waals surface area contributed by atoms with Crippen molar-refractivity contribution in [3.05, 3.63) is 18.0 Å². The zero-order valence-corrected chi connectivity index (χ0v) is 12.3. The summed E-state index contributed by atoms with van der Waals surface area (Å²) in [6.07, 6.45) is 8.87. The highest BCUT2D eigenvalue weighted by Gasteiger charge is 2.22. The van der Waals surface area contributed by atoms with Crippen LogP contribution in [0.25, 0.3) is 0 Å². The Hall–Kier alpha value is -1.69. The molecule has 1 aromatic rings. The van der Waals surface area contributed by atoms with E-state index < -0.39 is 0 Å². The van der Waals surface area contributed by atoms with Gasteiger partial charge in [0.25, 0.3) is 0 Å². The van der Waals surface area contributed by atoms with E-state index in [0.29, 0.717) is 18.4 Å². The molecule has 1 aliphatic heterocycles. The molecule has 3 rings (SSSR count). The van der Waals surface area contributed by atoms with Crippen LogP contribution in [0.3, 0.4) is 0 Å². The second kappa shape index (κ2) is 6.39. The summed E-state index contributed by atoms with van der Waals surface area (Å²) in [6, 6.07) is 0.703. The molecule has 0 spiro atoms. The van der Waals surface area contributed by atoms with Crippen molar-refractivity contribution in [2.24, 2.45) is 11.7 Å². The first-order valence-corrected chi connectivity index (χ1v) is 7.78. The summed E-state index contributed by atoms with van der Waals surface area (Å²) in [4.78, 5) is 22.1. The Morgan fingerprint density at radius 2 is 1.90 bits per heavy atom. The topological polar surface area (TPSA) is 84.1 Å². The summed E-state index contributed by atoms with van der Waals surface area (Å²) >= 11 is 0. The summed E-state index contributed by atoms with van der Waals surface area (Å²) in [6.45, 7) is 2.65. The van der Waals surface area contributed by atoms with Gasteiger partial charge in [0.05, 0.1) is 0 Å². The van der Waals surface area contributed by atoms with Gasteiger partial charge in [-0.25, -0.2) is 9.97 Å². The zero-order chi connectivity index (χ0) is 14.7. The predicted octanol–water partition coefficient (Wildman–Crippen LogP) is 0.820. The van der Waals surface area contributed by atoms with Crippen LogP contribution in [0, 0.1) is 5.92 Å². The number of primary amides is 1. The van der Waals surface area contributed by atoms with Crippen molar-refractivity contribution in [2.45, 2.75) is 44.7 Å². The smallest absolute Gasteiger partial charge is 0.225 e. The molecule has 2 heterocycles. The van der Waals surface area contributed by atoms with Crippen LogP contribution in [0.2, 0.25) is 0 Å². The molecule has 0 aromatic carbocycles. The van der Waals surface area contributed by atoms with E-state index in [2.05, 4.69) is 20.2 Å². The molecule has 2 fully saturated rings. The van der Waals surface area contributed by atoms with Gasteiger partial charge < -0.3 is 16.0 Å². The normalized spacial score (nSPS) is 19.7. The van der Waals surface area contributed by atoms with Crippen LogP contribution in [0.4, 0.5) is 5.95 Å². The lowest BCUT2D eigenvalue weighted by atomic mass is 9.93. The van der Waals surface area contributed by atoms with Crippen LogP contribution < -0.4 is 16.0 Å². The molecule has 6 heteroatoms. The SMILES string of the molecule is NC(=O)CC1CCN(c2ncc(CNC3CC3)cn2)CC1. The van der Waals surface area contributed by atoms with E-state index in [-0.39, 0.29) is 5.91 Å². The van der Waals surface area contributed by atoms with Crippen LogP contribution >= 0.6 is 0 Å². The molecule has 0 atom stereocenters. The average molecular weight is 289 g/mol. The fraction of sp³-hybridized carbons (Fsp3) is 0.667. The van der Waals surface area contributed by atoms with Gasteiger partial charge in [-0.15, -0.1) is 0 Å². The number of carbonyl (C=O) groups excluding carboxylic acids is 1. The van der Waals surface area contributed by atoms with Gasteiger partial charge in [0.2, 0.25) is 11.9 Å². The molecule has 0 unspecified atom stereocenters. The molecule has 3 N–H and O–H groups in total. The third-order valence-electron chi connectivity index (χ3n) is 4.25. The lowest BCUT2D eigenvalue weighted by molar-refractivity contribution is -0.119. The first-order valence-electron chi connectivity index (χ1n) is 7.78. The minimum atomic E-state index is -0.197. The summed E-state index contributed by atoms with van der Waals surface area (Å²) in [7, 11) is 0. The highest BCUT2D eigenvalue weighted by molar-refractivity contribution is 5.74. The maximum atomic E-state index is 10.9. The van der Waals surface area contributed by atoms with E-state index in [1.165, 1.54) is 12.8 Å². The van der Waals surface area contributed by atoms with E-state index in [4.69, 9.17) is 5.73 Å². The van der Waals surface area contributed by atoms with Crippen molar-refractivity contribution in [3.8, 4) is 0 Å². The lowest BCUT2D eigenvalue weighted by Crippen LogP contribution is -2.36. The van der Waals surface area contributed by atoms with Gasteiger partial charge in [-0.05, 0) is 31.6 Å². The summed E-state index contributed by atoms with van der Waals surface area (Å²) in [5, 5.41) is 3.46. The Bertz CT molecular complexity index is 477. The molecule has 114 valence electrons. The molecular formula is C15H23N5O. The summed E-state index contributed by atoms with van der Waals surface area (Å²) in [5.41, 5.74) is 6.39. The maximum Gasteiger partial charge on any atom is 0.225 e. The number of nitrogens with two attached hydrogens (primary N) is 1. The van der Waals surface area contributed by atoms with Crippen LogP contribution in [-0.4, -0.2) is 35.0 Å². The molecule has 0 bridgehead atoms. The van der Waals surface area contributed by atoms with E-state index >= 15 is 0 Å². The fourth-order valence-corrected chi connectivity index (χ4v) is 2.77. The van der Waals surface area contributed by atoms with Crippen molar-refractivity contribution in [1.29, 1.82) is 0 Å². The van der Waals surface area contributed by atoms with Gasteiger partial charge in [-0.3, -0.25) is 4.79 Å². The number of nitrogens with one attached hydrogen (secondary N) is 1. The van der Waals surface area contributed by atoms with Gasteiger partial charge in [-0.2, -0.15) is 0 Å². The number of hydrogen-bond donors (Lipinski definition) is 2. The molecule has 1 aromatic heterocycles. The van der Waals surface area contributed by atoms with E-state index in [0.717, 1.165) is 44.0 Å². The first kappa shape index (κ1) is 14.3. The Morgan fingerprint density at radius 1 is 1.24 bits per heavy atom. The van der Waals surface area contributed by atoms with Gasteiger partial charge in [0.1, 0.15) is 0 Å². The number of amides is 1. The minimum absolute atomic E-state index is 0.197. The summed E-state index contributed by atoms with van der Waals surface area (Å²) in [5.74, 6) is 1.01. The van der Waals surface area contributed by atoms with Gasteiger partial charge in [0.15, 0.2) is 0 Å². The molecule has 21 heavy (non-hydrogen) atoms. The average Bonchev–Trinajstić information content (AvgIpc) is 3.30. The molecule has 0 radical (unpaired) electrons. The highest BCUT2D eigenvalue weighted by atomic mass is 16.1. The molecule has 1 aliphatic carbocycles. The van der Waals surface area contributed by atoms with Crippen molar-refractivity contribution < 1.29 is 4.79 Å². The van der Waals surface area contributed by atoms with E-state index in [1.54, 1.807) is 0 Å². The largest absolute Gasteiger partial charge is 0.370 e. The quantitative estimate of drug-likeness (QED) is 0.810. The van der Waals surface area contributed by atoms with Crippen LogP contribution in [0.15, 0.2) is 12.4 Å². The van der Waals surface area contributed by atoms with Crippen LogP contribution in [0.1, 0.15) is 37.7 Å². The van der Waals surface area contributed by atoms with E-state index in [1.807, 2.05) is 12.4 Å². The maximum absolute atomic E-state index is 10.9. The molecule has 6 nitrogen and oxygen atoms in total. The second-order valence-electron chi connectivity index (χ2n) is 6.15. The summed E-state index contributed by atoms with van der Waals surface area (Å²) < 4.78 is 0. The number of anilines is 1. The molecule has 1 amide bonds.